The molecule has 36 heavy (non-hydrogen) atoms. The van der Waals surface area contributed by atoms with Gasteiger partial charge in [0.1, 0.15) is 0 Å². The van der Waals surface area contributed by atoms with Crippen molar-refractivity contribution in [2.24, 2.45) is 9.98 Å². The van der Waals surface area contributed by atoms with Gasteiger partial charge < -0.3 is 9.47 Å². The lowest BCUT2D eigenvalue weighted by molar-refractivity contribution is -0.757. The number of nitrogens with zero attached hydrogens (tertiary/aromatic N) is 5. The number of rotatable bonds is 8. The van der Waals surface area contributed by atoms with Gasteiger partial charge in [-0.2, -0.15) is 5.01 Å². The molecule has 3 aromatic rings. The van der Waals surface area contributed by atoms with Gasteiger partial charge in [0, 0.05) is 30.9 Å². The first-order valence-corrected chi connectivity index (χ1v) is 12.4. The van der Waals surface area contributed by atoms with Crippen LogP contribution in [0.25, 0.3) is 22.2 Å². The molecule has 0 radical (unpaired) electrons. The van der Waals surface area contributed by atoms with Crippen LogP contribution in [0.4, 0.5) is 5.69 Å². The van der Waals surface area contributed by atoms with Gasteiger partial charge in [-0.3, -0.25) is 4.99 Å². The third-order valence-electron chi connectivity index (χ3n) is 7.27. The van der Waals surface area contributed by atoms with Crippen LogP contribution in [0, 0.1) is 6.92 Å². The Bertz CT molecular complexity index is 1410. The summed E-state index contributed by atoms with van der Waals surface area (Å²) in [5.41, 5.74) is 5.74. The maximum absolute atomic E-state index is 6.61. The van der Waals surface area contributed by atoms with Gasteiger partial charge in [0.25, 0.3) is 0 Å². The van der Waals surface area contributed by atoms with E-state index in [-0.39, 0.29) is 0 Å². The Morgan fingerprint density at radius 3 is 2.67 bits per heavy atom. The molecule has 0 amide bonds. The average molecular weight is 481 g/mol. The van der Waals surface area contributed by atoms with Crippen LogP contribution in [-0.4, -0.2) is 48.2 Å². The van der Waals surface area contributed by atoms with Crippen LogP contribution in [0.15, 0.2) is 88.9 Å². The molecule has 1 aliphatic carbocycles. The van der Waals surface area contributed by atoms with Gasteiger partial charge in [-0.05, 0) is 37.1 Å². The number of anilines is 1. The molecule has 7 nitrogen and oxygen atoms in total. The second-order valence-electron chi connectivity index (χ2n) is 9.48. The predicted molar refractivity (Wildman–Crippen MR) is 143 cm³/mol. The minimum absolute atomic E-state index is 0.305. The minimum Gasteiger partial charge on any atom is -0.382 e. The number of hydrogen-bond acceptors (Lipinski definition) is 6. The molecule has 2 aliphatic heterocycles. The van der Waals surface area contributed by atoms with Gasteiger partial charge in [-0.1, -0.05) is 36.4 Å². The van der Waals surface area contributed by atoms with Gasteiger partial charge in [-0.15, -0.1) is 4.59 Å². The van der Waals surface area contributed by atoms with E-state index in [2.05, 4.69) is 64.5 Å². The fourth-order valence-electron chi connectivity index (χ4n) is 5.33. The van der Waals surface area contributed by atoms with Gasteiger partial charge in [-0.25, -0.2) is 9.98 Å². The molecule has 0 saturated heterocycles. The number of fused-ring (bicyclic) bond motifs is 2. The number of aryl methyl sites for hydroxylation is 1. The average Bonchev–Trinajstić information content (AvgIpc) is 3.32. The van der Waals surface area contributed by atoms with Crippen molar-refractivity contribution in [3.63, 3.8) is 0 Å². The van der Waals surface area contributed by atoms with Crippen LogP contribution in [0.3, 0.4) is 0 Å². The van der Waals surface area contributed by atoms with Crippen molar-refractivity contribution < 1.29 is 14.1 Å². The summed E-state index contributed by atoms with van der Waals surface area (Å²) in [7, 11) is 1.70. The molecular weight excluding hydrogens is 450 g/mol. The van der Waals surface area contributed by atoms with Gasteiger partial charge in [0.2, 0.25) is 12.0 Å². The van der Waals surface area contributed by atoms with Crippen LogP contribution < -0.4 is 5.01 Å². The van der Waals surface area contributed by atoms with Gasteiger partial charge in [0.05, 0.1) is 48.7 Å². The van der Waals surface area contributed by atoms with E-state index in [1.807, 2.05) is 43.2 Å². The highest BCUT2D eigenvalue weighted by atomic mass is 16.5. The molecule has 7 heteroatoms. The van der Waals surface area contributed by atoms with Crippen LogP contribution in [0.1, 0.15) is 24.8 Å². The topological polar surface area (TPSA) is 59.3 Å². The number of methoxy groups -OCH3 is 1. The Morgan fingerprint density at radius 1 is 1.03 bits per heavy atom. The van der Waals surface area contributed by atoms with E-state index in [4.69, 9.17) is 14.5 Å². The maximum atomic E-state index is 6.61. The standard InChI is InChI=1S/C29H30N5O2/c1-22-17-27(23-7-4-3-5-8-23)32-28-18-24(9-10-26(22)28)33(29(11-6-12-29)36-16-15-35-2)34-14-13-30-19-25(34)20-31-21-34/h3-5,7-10,13-14,17-21H,6,11-12,15-16H2,1-2H3/q+1. The number of pyridine rings is 1. The van der Waals surface area contributed by atoms with Crippen molar-refractivity contribution in [3.05, 3.63) is 84.5 Å². The van der Waals surface area contributed by atoms with Crippen molar-refractivity contribution in [2.75, 3.05) is 25.3 Å². The summed E-state index contributed by atoms with van der Waals surface area (Å²) in [5, 5.41) is 3.48. The second kappa shape index (κ2) is 9.09. The molecule has 1 unspecified atom stereocenters. The fourth-order valence-corrected chi connectivity index (χ4v) is 5.33. The molecule has 0 bridgehead atoms. The molecular formula is C29H30N5O2+. The third-order valence-corrected chi connectivity index (χ3v) is 7.27. The second-order valence-corrected chi connectivity index (χ2v) is 9.48. The molecule has 3 aliphatic rings. The van der Waals surface area contributed by atoms with Crippen molar-refractivity contribution in [1.29, 1.82) is 0 Å². The lowest BCUT2D eigenvalue weighted by Gasteiger charge is -2.54. The third kappa shape index (κ3) is 3.67. The summed E-state index contributed by atoms with van der Waals surface area (Å²) >= 11 is 0. The van der Waals surface area contributed by atoms with Crippen molar-refractivity contribution in [1.82, 2.24) is 4.98 Å². The quantitative estimate of drug-likeness (QED) is 0.235. The van der Waals surface area contributed by atoms with Crippen LogP contribution in [-0.2, 0) is 9.47 Å². The van der Waals surface area contributed by atoms with Gasteiger partial charge >= 0.3 is 0 Å². The molecule has 6 rings (SSSR count). The van der Waals surface area contributed by atoms with Crippen LogP contribution in [0.2, 0.25) is 0 Å². The summed E-state index contributed by atoms with van der Waals surface area (Å²) in [4.78, 5) is 14.0. The number of quaternary nitrogens is 1. The highest BCUT2D eigenvalue weighted by molar-refractivity contribution is 5.88. The molecule has 0 N–H and O–H groups in total. The van der Waals surface area contributed by atoms with E-state index in [1.54, 1.807) is 7.11 Å². The zero-order valence-electron chi connectivity index (χ0n) is 20.7. The zero-order valence-corrected chi connectivity index (χ0v) is 20.7. The Morgan fingerprint density at radius 2 is 1.89 bits per heavy atom. The summed E-state index contributed by atoms with van der Waals surface area (Å²) in [6, 6.07) is 19.0. The SMILES string of the molecule is COCCOC1(N(c2ccc3c(C)cc(-c4ccccc4)nc3c2)[N+]23C=CN=CC2=CN=C3)CCC1. The van der Waals surface area contributed by atoms with E-state index in [0.717, 1.165) is 52.8 Å². The number of ether oxygens (including phenoxy) is 2. The normalized spacial score (nSPS) is 21.3. The number of benzene rings is 2. The zero-order chi connectivity index (χ0) is 24.6. The first-order chi connectivity index (χ1) is 17.7. The number of hydrogen-bond donors (Lipinski definition) is 0. The Balaban J connectivity index is 1.51. The molecule has 1 fully saturated rings. The largest absolute Gasteiger partial charge is 0.382 e. The minimum atomic E-state index is -0.497. The summed E-state index contributed by atoms with van der Waals surface area (Å²) < 4.78 is 12.2. The lowest BCUT2D eigenvalue weighted by atomic mass is 9.86. The highest BCUT2D eigenvalue weighted by Gasteiger charge is 2.56. The van der Waals surface area contributed by atoms with Crippen molar-refractivity contribution in [2.45, 2.75) is 31.9 Å². The molecule has 0 spiro atoms. The maximum Gasteiger partial charge on any atom is 0.225 e. The first kappa shape index (κ1) is 22.8. The van der Waals surface area contributed by atoms with Crippen molar-refractivity contribution >= 4 is 29.1 Å². The molecule has 1 atom stereocenters. The molecule has 182 valence electrons. The predicted octanol–water partition coefficient (Wildman–Crippen LogP) is 5.73. The summed E-state index contributed by atoms with van der Waals surface area (Å²) in [5.74, 6) is 0. The lowest BCUT2D eigenvalue weighted by Crippen LogP contribution is -2.69. The number of aliphatic imine (C=N–C) groups is 2. The van der Waals surface area contributed by atoms with Gasteiger partial charge in [0.15, 0.2) is 11.9 Å². The van der Waals surface area contributed by atoms with E-state index < -0.39 is 5.72 Å². The van der Waals surface area contributed by atoms with Crippen LogP contribution >= 0.6 is 0 Å². The first-order valence-electron chi connectivity index (χ1n) is 12.4. The van der Waals surface area contributed by atoms with Crippen molar-refractivity contribution in [3.8, 4) is 11.3 Å². The monoisotopic (exact) mass is 480 g/mol. The Kier molecular flexibility index (Phi) is 5.76. The Labute approximate surface area is 211 Å². The van der Waals surface area contributed by atoms with E-state index in [1.165, 1.54) is 5.56 Å². The molecule has 3 heterocycles. The van der Waals surface area contributed by atoms with E-state index >= 15 is 0 Å². The fraction of sp³-hybridized carbons (Fsp3) is 0.276. The molecule has 1 saturated carbocycles. The Hall–Kier alpha value is -3.65. The molecule has 1 aromatic heterocycles. The summed E-state index contributed by atoms with van der Waals surface area (Å²) in [6.07, 6.45) is 12.5. The highest BCUT2D eigenvalue weighted by Crippen LogP contribution is 2.47. The number of aromatic nitrogens is 1. The van der Waals surface area contributed by atoms with E-state index in [9.17, 15) is 0 Å². The van der Waals surface area contributed by atoms with E-state index in [0.29, 0.717) is 17.8 Å². The smallest absolute Gasteiger partial charge is 0.225 e. The number of allylic oxidation sites excluding steroid dienone is 1. The van der Waals surface area contributed by atoms with Crippen LogP contribution in [0.5, 0.6) is 0 Å². The molecule has 2 aromatic carbocycles. The summed E-state index contributed by atoms with van der Waals surface area (Å²) in [6.45, 7) is 3.21.